The quantitative estimate of drug-likeness (QED) is 0.817. The molecule has 2 amide bonds. The van der Waals surface area contributed by atoms with Crippen molar-refractivity contribution in [3.8, 4) is 0 Å². The van der Waals surface area contributed by atoms with Gasteiger partial charge in [-0.2, -0.15) is 0 Å². The molecule has 128 valence electrons. The highest BCUT2D eigenvalue weighted by Crippen LogP contribution is 2.16. The van der Waals surface area contributed by atoms with E-state index in [0.717, 1.165) is 25.7 Å². The van der Waals surface area contributed by atoms with Crippen LogP contribution in [0.4, 0.5) is 0 Å². The second kappa shape index (κ2) is 9.97. The Morgan fingerprint density at radius 2 is 1.26 bits per heavy atom. The maximum absolute atomic E-state index is 12.0. The van der Waals surface area contributed by atoms with E-state index < -0.39 is 11.8 Å². The molecule has 7 heteroatoms. The van der Waals surface area contributed by atoms with Gasteiger partial charge in [0.25, 0.3) is 0 Å². The fourth-order valence-electron chi connectivity index (χ4n) is 2.99. The molecule has 0 aliphatic heterocycles. The van der Waals surface area contributed by atoms with Crippen LogP contribution in [0.5, 0.6) is 0 Å². The second-order valence-electron chi connectivity index (χ2n) is 6.24. The molecule has 2 N–H and O–H groups in total. The molecule has 0 saturated heterocycles. The number of amides is 2. The summed E-state index contributed by atoms with van der Waals surface area (Å²) < 4.78 is 1.27. The van der Waals surface area contributed by atoms with Gasteiger partial charge in [-0.3, -0.25) is 15.0 Å². The van der Waals surface area contributed by atoms with Crippen molar-refractivity contribution in [2.75, 3.05) is 5.43 Å². The lowest BCUT2D eigenvalue weighted by atomic mass is 9.98. The molecule has 1 saturated carbocycles. The summed E-state index contributed by atoms with van der Waals surface area (Å²) in [6.07, 6.45) is 15.7. The minimum atomic E-state index is -0.684. The zero-order valence-corrected chi connectivity index (χ0v) is 13.7. The summed E-state index contributed by atoms with van der Waals surface area (Å²) in [5.74, 6) is -1.27. The van der Waals surface area contributed by atoms with Crippen LogP contribution in [-0.4, -0.2) is 32.7 Å². The first kappa shape index (κ1) is 17.4. The molecular weight excluding hydrogens is 294 g/mol. The Bertz CT molecular complexity index is 463. The zero-order valence-electron chi connectivity index (χ0n) is 13.7. The molecule has 0 bridgehead atoms. The largest absolute Gasteiger partial charge is 0.345 e. The molecule has 2 rings (SSSR count). The van der Waals surface area contributed by atoms with Gasteiger partial charge in [-0.05, 0) is 12.8 Å². The predicted octanol–water partition coefficient (Wildman–Crippen LogP) is 2.14. The second-order valence-corrected chi connectivity index (χ2v) is 6.24. The average Bonchev–Trinajstić information content (AvgIpc) is 3.02. The third-order valence-electron chi connectivity index (χ3n) is 4.30. The Hall–Kier alpha value is -1.92. The molecule has 1 heterocycles. The molecule has 1 aliphatic carbocycles. The van der Waals surface area contributed by atoms with Crippen LogP contribution in [0.15, 0.2) is 12.7 Å². The number of carbonyl (C=O) groups is 2. The SMILES string of the molecule is O=C(NC1CCCCCCCCCCC1)C(=O)Nn1cnnc1. The van der Waals surface area contributed by atoms with E-state index in [9.17, 15) is 9.59 Å². The van der Waals surface area contributed by atoms with E-state index in [1.807, 2.05) is 0 Å². The molecular formula is C16H27N5O2. The topological polar surface area (TPSA) is 88.9 Å². The highest BCUT2D eigenvalue weighted by atomic mass is 16.2. The van der Waals surface area contributed by atoms with Gasteiger partial charge in [0.05, 0.1) is 0 Å². The number of hydrogen-bond acceptors (Lipinski definition) is 4. The van der Waals surface area contributed by atoms with E-state index in [4.69, 9.17) is 0 Å². The van der Waals surface area contributed by atoms with Gasteiger partial charge in [-0.1, -0.05) is 57.8 Å². The predicted molar refractivity (Wildman–Crippen MR) is 87.1 cm³/mol. The van der Waals surface area contributed by atoms with E-state index in [1.54, 1.807) is 0 Å². The van der Waals surface area contributed by atoms with Gasteiger partial charge in [0.15, 0.2) is 0 Å². The Morgan fingerprint density at radius 1 is 0.783 bits per heavy atom. The molecule has 1 fully saturated rings. The van der Waals surface area contributed by atoms with Crippen LogP contribution in [0, 0.1) is 0 Å². The third kappa shape index (κ3) is 6.80. The van der Waals surface area contributed by atoms with Crippen LogP contribution < -0.4 is 10.7 Å². The van der Waals surface area contributed by atoms with E-state index in [2.05, 4.69) is 20.9 Å². The van der Waals surface area contributed by atoms with Crippen molar-refractivity contribution in [1.29, 1.82) is 0 Å². The number of hydrogen-bond donors (Lipinski definition) is 2. The van der Waals surface area contributed by atoms with Crippen LogP contribution >= 0.6 is 0 Å². The molecule has 0 radical (unpaired) electrons. The fourth-order valence-corrected chi connectivity index (χ4v) is 2.99. The van der Waals surface area contributed by atoms with Gasteiger partial charge in [-0.25, -0.2) is 4.68 Å². The molecule has 0 aromatic carbocycles. The molecule has 0 atom stereocenters. The van der Waals surface area contributed by atoms with Crippen LogP contribution in [0.1, 0.15) is 70.6 Å². The first-order chi connectivity index (χ1) is 11.3. The van der Waals surface area contributed by atoms with Gasteiger partial charge >= 0.3 is 11.8 Å². The van der Waals surface area contributed by atoms with Crippen LogP contribution in [0.3, 0.4) is 0 Å². The Balaban J connectivity index is 1.79. The minimum absolute atomic E-state index is 0.0913. The van der Waals surface area contributed by atoms with Gasteiger partial charge < -0.3 is 5.32 Å². The van der Waals surface area contributed by atoms with Crippen molar-refractivity contribution in [1.82, 2.24) is 20.2 Å². The highest BCUT2D eigenvalue weighted by Gasteiger charge is 2.18. The van der Waals surface area contributed by atoms with Gasteiger partial charge in [0.2, 0.25) is 0 Å². The number of rotatable bonds is 2. The van der Waals surface area contributed by atoms with Crippen molar-refractivity contribution in [2.45, 2.75) is 76.7 Å². The lowest BCUT2D eigenvalue weighted by Gasteiger charge is -2.19. The number of nitrogens with one attached hydrogen (secondary N) is 2. The molecule has 0 spiro atoms. The summed E-state index contributed by atoms with van der Waals surface area (Å²) in [5.41, 5.74) is 2.42. The highest BCUT2D eigenvalue weighted by molar-refractivity contribution is 6.38. The molecule has 0 unspecified atom stereocenters. The van der Waals surface area contributed by atoms with Crippen molar-refractivity contribution in [3.05, 3.63) is 12.7 Å². The average molecular weight is 321 g/mol. The summed E-state index contributed by atoms with van der Waals surface area (Å²) in [7, 11) is 0. The Kier molecular flexibility index (Phi) is 7.56. The van der Waals surface area contributed by atoms with Crippen molar-refractivity contribution in [3.63, 3.8) is 0 Å². The molecule has 23 heavy (non-hydrogen) atoms. The monoisotopic (exact) mass is 321 g/mol. The number of nitrogens with zero attached hydrogens (tertiary/aromatic N) is 3. The van der Waals surface area contributed by atoms with E-state index in [-0.39, 0.29) is 6.04 Å². The standard InChI is InChI=1S/C16H27N5O2/c22-15(16(23)20-21-12-17-18-13-21)19-14-10-8-6-4-2-1-3-5-7-9-11-14/h12-14H,1-11H2,(H,19,22)(H,20,23). The fraction of sp³-hybridized carbons (Fsp3) is 0.750. The third-order valence-corrected chi connectivity index (χ3v) is 4.30. The summed E-state index contributed by atoms with van der Waals surface area (Å²) in [6.45, 7) is 0. The number of aromatic nitrogens is 3. The Labute approximate surface area is 137 Å². The maximum atomic E-state index is 12.0. The van der Waals surface area contributed by atoms with Gasteiger partial charge in [0.1, 0.15) is 12.7 Å². The summed E-state index contributed by atoms with van der Waals surface area (Å²) >= 11 is 0. The lowest BCUT2D eigenvalue weighted by Crippen LogP contribution is -2.43. The summed E-state index contributed by atoms with van der Waals surface area (Å²) in [6, 6.07) is 0.0913. The number of carbonyl (C=O) groups excluding carboxylic acids is 2. The van der Waals surface area contributed by atoms with Crippen molar-refractivity contribution in [2.24, 2.45) is 0 Å². The zero-order chi connectivity index (χ0) is 16.3. The van der Waals surface area contributed by atoms with Crippen molar-refractivity contribution >= 4 is 11.8 Å². The lowest BCUT2D eigenvalue weighted by molar-refractivity contribution is -0.137. The van der Waals surface area contributed by atoms with Crippen LogP contribution in [0.2, 0.25) is 0 Å². The first-order valence-corrected chi connectivity index (χ1v) is 8.72. The molecule has 1 aromatic rings. The van der Waals surface area contributed by atoms with E-state index >= 15 is 0 Å². The van der Waals surface area contributed by atoms with Gasteiger partial charge in [-0.15, -0.1) is 10.2 Å². The van der Waals surface area contributed by atoms with Gasteiger partial charge in [0, 0.05) is 6.04 Å². The minimum Gasteiger partial charge on any atom is -0.345 e. The van der Waals surface area contributed by atoms with Crippen LogP contribution in [0.25, 0.3) is 0 Å². The van der Waals surface area contributed by atoms with E-state index in [1.165, 1.54) is 62.3 Å². The first-order valence-electron chi connectivity index (χ1n) is 8.72. The normalized spacial score (nSPS) is 18.4. The molecule has 7 nitrogen and oxygen atoms in total. The Morgan fingerprint density at radius 3 is 1.78 bits per heavy atom. The molecule has 1 aliphatic rings. The maximum Gasteiger partial charge on any atom is 0.328 e. The van der Waals surface area contributed by atoms with Crippen molar-refractivity contribution < 1.29 is 9.59 Å². The van der Waals surface area contributed by atoms with E-state index in [0.29, 0.717) is 0 Å². The summed E-state index contributed by atoms with van der Waals surface area (Å²) in [5, 5.41) is 10.0. The summed E-state index contributed by atoms with van der Waals surface area (Å²) in [4.78, 5) is 23.9. The smallest absolute Gasteiger partial charge is 0.328 e. The molecule has 1 aromatic heterocycles. The van der Waals surface area contributed by atoms with Crippen LogP contribution in [-0.2, 0) is 9.59 Å².